The van der Waals surface area contributed by atoms with Gasteiger partial charge in [0.15, 0.2) is 0 Å². The average Bonchev–Trinajstić information content (AvgIpc) is 3.48. The van der Waals surface area contributed by atoms with E-state index in [-0.39, 0.29) is 29.3 Å². The van der Waals surface area contributed by atoms with Crippen LogP contribution in [0.3, 0.4) is 0 Å². The third kappa shape index (κ3) is 2.45. The van der Waals surface area contributed by atoms with Crippen LogP contribution in [0.2, 0.25) is 0 Å². The zero-order valence-electron chi connectivity index (χ0n) is 19.9. The number of aromatic nitrogens is 2. The van der Waals surface area contributed by atoms with E-state index in [1.54, 1.807) is 22.8 Å². The maximum atomic E-state index is 14.2. The Morgan fingerprint density at radius 3 is 2.33 bits per heavy atom. The molecule has 1 aromatic heterocycles. The maximum absolute atomic E-state index is 14.2. The molecule has 4 aromatic rings. The van der Waals surface area contributed by atoms with E-state index in [0.29, 0.717) is 28.1 Å². The van der Waals surface area contributed by atoms with E-state index in [4.69, 9.17) is 4.98 Å². The number of rotatable bonds is 2. The number of nitrogens with zero attached hydrogens (tertiary/aromatic N) is 3. The smallest absolute Gasteiger partial charge is 0.266 e. The molecule has 4 atom stereocenters. The predicted octanol–water partition coefficient (Wildman–Crippen LogP) is 3.38. The van der Waals surface area contributed by atoms with Gasteiger partial charge in [-0.05, 0) is 36.2 Å². The third-order valence-electron chi connectivity index (χ3n) is 8.03. The van der Waals surface area contributed by atoms with E-state index in [1.807, 2.05) is 60.7 Å². The molecule has 0 radical (unpaired) electrons. The Labute approximate surface area is 207 Å². The minimum Gasteiger partial charge on any atom is -0.296 e. The van der Waals surface area contributed by atoms with Crippen LogP contribution in [0.1, 0.15) is 25.2 Å². The number of carbonyl (C=O) groups is 2. The first-order valence-electron chi connectivity index (χ1n) is 12.3. The largest absolute Gasteiger partial charge is 0.296 e. The lowest BCUT2D eigenvalue weighted by Crippen LogP contribution is -2.51. The van der Waals surface area contributed by atoms with E-state index >= 15 is 0 Å². The molecule has 1 N–H and O–H groups in total. The third-order valence-corrected chi connectivity index (χ3v) is 8.03. The van der Waals surface area contributed by atoms with Gasteiger partial charge in [0.1, 0.15) is 11.4 Å². The van der Waals surface area contributed by atoms with Gasteiger partial charge in [-0.3, -0.25) is 24.3 Å². The van der Waals surface area contributed by atoms with Crippen molar-refractivity contribution in [1.29, 1.82) is 0 Å². The van der Waals surface area contributed by atoms with Crippen molar-refractivity contribution < 1.29 is 9.59 Å². The first kappa shape index (κ1) is 21.2. The van der Waals surface area contributed by atoms with Crippen molar-refractivity contribution in [3.8, 4) is 5.69 Å². The summed E-state index contributed by atoms with van der Waals surface area (Å²) in [7, 11) is 0. The fourth-order valence-electron chi connectivity index (χ4n) is 6.56. The van der Waals surface area contributed by atoms with E-state index < -0.39 is 17.4 Å². The predicted molar refractivity (Wildman–Crippen MR) is 136 cm³/mol. The number of nitrogens with one attached hydrogen (secondary N) is 1. The Kier molecular flexibility index (Phi) is 4.25. The number of hydrogen-bond donors (Lipinski definition) is 1. The number of benzene rings is 3. The summed E-state index contributed by atoms with van der Waals surface area (Å²) >= 11 is 0. The van der Waals surface area contributed by atoms with Crippen LogP contribution >= 0.6 is 0 Å². The fourth-order valence-corrected chi connectivity index (χ4v) is 6.56. The van der Waals surface area contributed by atoms with Crippen molar-refractivity contribution in [2.45, 2.75) is 25.4 Å². The molecule has 2 amide bonds. The molecule has 7 nitrogen and oxygen atoms in total. The van der Waals surface area contributed by atoms with E-state index in [2.05, 4.69) is 19.2 Å². The zero-order chi connectivity index (χ0) is 24.8. The molecule has 7 rings (SSSR count). The van der Waals surface area contributed by atoms with Crippen LogP contribution in [0.4, 0.5) is 5.69 Å². The average molecular weight is 477 g/mol. The molecular formula is C29H24N4O3. The lowest BCUT2D eigenvalue weighted by atomic mass is 9.75. The van der Waals surface area contributed by atoms with Gasteiger partial charge >= 0.3 is 0 Å². The molecule has 3 aliphatic rings. The first-order chi connectivity index (χ1) is 17.4. The molecule has 0 unspecified atom stereocenters. The molecular weight excluding hydrogens is 452 g/mol. The van der Waals surface area contributed by atoms with Crippen molar-refractivity contribution in [2.24, 2.45) is 17.8 Å². The number of fused-ring (bicyclic) bond motifs is 8. The number of carbonyl (C=O) groups excluding carboxylic acids is 2. The number of hydrogen-bond acceptors (Lipinski definition) is 5. The summed E-state index contributed by atoms with van der Waals surface area (Å²) in [5.74, 6) is -1.25. The Morgan fingerprint density at radius 2 is 1.56 bits per heavy atom. The Morgan fingerprint density at radius 1 is 0.861 bits per heavy atom. The van der Waals surface area contributed by atoms with Gasteiger partial charge in [-0.15, -0.1) is 0 Å². The molecule has 4 heterocycles. The molecule has 3 aliphatic heterocycles. The quantitative estimate of drug-likeness (QED) is 0.449. The second-order valence-electron chi connectivity index (χ2n) is 10.2. The van der Waals surface area contributed by atoms with Crippen LogP contribution in [0.15, 0.2) is 83.7 Å². The van der Waals surface area contributed by atoms with Gasteiger partial charge in [0.25, 0.3) is 5.56 Å². The van der Waals surface area contributed by atoms with Gasteiger partial charge < -0.3 is 0 Å². The van der Waals surface area contributed by atoms with Gasteiger partial charge in [-0.1, -0.05) is 62.4 Å². The van der Waals surface area contributed by atoms with Crippen molar-refractivity contribution >= 4 is 28.4 Å². The summed E-state index contributed by atoms with van der Waals surface area (Å²) in [4.78, 5) is 48.3. The van der Waals surface area contributed by atoms with Gasteiger partial charge in [0.2, 0.25) is 11.8 Å². The topological polar surface area (TPSA) is 84.3 Å². The molecule has 0 aliphatic carbocycles. The summed E-state index contributed by atoms with van der Waals surface area (Å²) < 4.78 is 1.63. The van der Waals surface area contributed by atoms with Gasteiger partial charge in [0.05, 0.1) is 34.1 Å². The van der Waals surface area contributed by atoms with Gasteiger partial charge in [0, 0.05) is 11.6 Å². The monoisotopic (exact) mass is 476 g/mol. The fraction of sp³-hybridized carbons (Fsp3) is 0.241. The van der Waals surface area contributed by atoms with E-state index in [0.717, 1.165) is 5.56 Å². The molecule has 178 valence electrons. The Hall–Kier alpha value is -4.10. The number of anilines is 1. The van der Waals surface area contributed by atoms with Crippen LogP contribution in [0.25, 0.3) is 16.6 Å². The molecule has 36 heavy (non-hydrogen) atoms. The first-order valence-corrected chi connectivity index (χ1v) is 12.3. The highest BCUT2D eigenvalue weighted by Gasteiger charge is 2.70. The maximum Gasteiger partial charge on any atom is 0.266 e. The SMILES string of the molecule is CC(C)[C@@H]1N[C@]2(c3ccccc3-n3c2nc2ccccc2c3=O)[C@H]2C(=O)N(c3ccccc3)C(=O)[C@H]12. The second kappa shape index (κ2) is 7.21. The van der Waals surface area contributed by atoms with Crippen molar-refractivity contribution in [1.82, 2.24) is 14.9 Å². The van der Waals surface area contributed by atoms with Gasteiger partial charge in [-0.2, -0.15) is 0 Å². The van der Waals surface area contributed by atoms with Crippen molar-refractivity contribution in [3.63, 3.8) is 0 Å². The number of para-hydroxylation sites is 3. The van der Waals surface area contributed by atoms with Crippen LogP contribution in [-0.4, -0.2) is 27.4 Å². The Bertz CT molecular complexity index is 1640. The normalized spacial score (nSPS) is 26.2. The van der Waals surface area contributed by atoms with Crippen molar-refractivity contribution in [3.05, 3.63) is 101 Å². The lowest BCUT2D eigenvalue weighted by molar-refractivity contribution is -0.123. The lowest BCUT2D eigenvalue weighted by Gasteiger charge is -2.32. The molecule has 2 fully saturated rings. The van der Waals surface area contributed by atoms with Crippen LogP contribution in [0.5, 0.6) is 0 Å². The highest BCUT2D eigenvalue weighted by Crippen LogP contribution is 2.56. The Balaban J connectivity index is 1.55. The minimum absolute atomic E-state index is 0.0674. The highest BCUT2D eigenvalue weighted by molar-refractivity contribution is 6.23. The second-order valence-corrected chi connectivity index (χ2v) is 10.2. The summed E-state index contributed by atoms with van der Waals surface area (Å²) in [5.41, 5.74) is 1.36. The number of imide groups is 1. The zero-order valence-corrected chi connectivity index (χ0v) is 19.9. The standard InChI is InChI=1S/C29H24N4O3/c1-16(2)24-22-23(27(36)32(26(22)35)17-10-4-3-5-11-17)29(31-24)19-13-7-9-15-21(19)33-25(34)18-12-6-8-14-20(18)30-28(29)33/h3-16,22-24,31H,1-2H3/t22-,23+,24-,29+/m0/s1. The summed E-state index contributed by atoms with van der Waals surface area (Å²) in [6.07, 6.45) is 0. The summed E-state index contributed by atoms with van der Waals surface area (Å²) in [5, 5.41) is 4.23. The van der Waals surface area contributed by atoms with E-state index in [9.17, 15) is 14.4 Å². The molecule has 0 bridgehead atoms. The van der Waals surface area contributed by atoms with Crippen molar-refractivity contribution in [2.75, 3.05) is 4.90 Å². The molecule has 7 heteroatoms. The molecule has 2 saturated heterocycles. The minimum atomic E-state index is -1.10. The highest BCUT2D eigenvalue weighted by atomic mass is 16.2. The molecule has 1 spiro atoms. The van der Waals surface area contributed by atoms with Crippen LogP contribution in [0, 0.1) is 17.8 Å². The van der Waals surface area contributed by atoms with Gasteiger partial charge in [-0.25, -0.2) is 9.88 Å². The number of amides is 2. The molecule has 3 aromatic carbocycles. The van der Waals surface area contributed by atoms with E-state index in [1.165, 1.54) is 4.90 Å². The summed E-state index contributed by atoms with van der Waals surface area (Å²) in [6.45, 7) is 4.11. The van der Waals surface area contributed by atoms with Crippen LogP contribution < -0.4 is 15.8 Å². The van der Waals surface area contributed by atoms with Crippen LogP contribution in [-0.2, 0) is 15.1 Å². The summed E-state index contributed by atoms with van der Waals surface area (Å²) in [6, 6.07) is 23.7. The molecule has 0 saturated carbocycles.